The van der Waals surface area contributed by atoms with Crippen LogP contribution in [0.3, 0.4) is 0 Å². The van der Waals surface area contributed by atoms with E-state index in [1.165, 1.54) is 4.90 Å². The molecule has 2 rings (SSSR count). The van der Waals surface area contributed by atoms with Gasteiger partial charge in [-0.15, -0.1) is 0 Å². The van der Waals surface area contributed by atoms with E-state index >= 15 is 0 Å². The number of hydrogen-bond donors (Lipinski definition) is 1. The lowest BCUT2D eigenvalue weighted by Gasteiger charge is -2.20. The fourth-order valence-electron chi connectivity index (χ4n) is 2.22. The number of hydrogen-bond acceptors (Lipinski definition) is 3. The Bertz CT molecular complexity index is 521. The van der Waals surface area contributed by atoms with Crippen LogP contribution in [-0.2, 0) is 16.1 Å². The van der Waals surface area contributed by atoms with Crippen LogP contribution in [0.1, 0.15) is 31.4 Å². The highest BCUT2D eigenvalue weighted by atomic mass is 16.2. The van der Waals surface area contributed by atoms with Crippen LogP contribution in [0.15, 0.2) is 18.2 Å². The molecule has 0 bridgehead atoms. The fourth-order valence-corrected chi connectivity index (χ4v) is 2.22. The summed E-state index contributed by atoms with van der Waals surface area (Å²) in [6, 6.07) is 5.63. The molecular weight excluding hydrogens is 228 g/mol. The molecule has 0 unspecified atom stereocenters. The summed E-state index contributed by atoms with van der Waals surface area (Å²) in [5.74, 6) is -0.271. The molecule has 1 aliphatic heterocycles. The maximum Gasteiger partial charge on any atom is 0.239 e. The number of nitrogens with two attached hydrogens (primary N) is 1. The highest BCUT2D eigenvalue weighted by Gasteiger charge is 2.45. The molecule has 18 heavy (non-hydrogen) atoms. The third-order valence-corrected chi connectivity index (χ3v) is 3.37. The van der Waals surface area contributed by atoms with Gasteiger partial charge in [0.25, 0.3) is 0 Å². The Balaban J connectivity index is 2.49. The highest BCUT2D eigenvalue weighted by Crippen LogP contribution is 2.36. The van der Waals surface area contributed by atoms with Gasteiger partial charge in [0.1, 0.15) is 0 Å². The van der Waals surface area contributed by atoms with Crippen LogP contribution in [-0.4, -0.2) is 11.8 Å². The lowest BCUT2D eigenvalue weighted by atomic mass is 9.92. The van der Waals surface area contributed by atoms with Gasteiger partial charge in [-0.3, -0.25) is 9.59 Å². The summed E-state index contributed by atoms with van der Waals surface area (Å²) < 4.78 is 0. The number of carbonyl (C=O) groups excluding carboxylic acids is 2. The van der Waals surface area contributed by atoms with E-state index in [0.717, 1.165) is 11.1 Å². The number of amides is 2. The topological polar surface area (TPSA) is 63.4 Å². The largest absolute Gasteiger partial charge is 0.326 e. The lowest BCUT2D eigenvalue weighted by Crippen LogP contribution is -2.33. The zero-order valence-corrected chi connectivity index (χ0v) is 11.0. The van der Waals surface area contributed by atoms with Crippen LogP contribution < -0.4 is 10.6 Å². The predicted molar refractivity (Wildman–Crippen MR) is 70.0 cm³/mol. The lowest BCUT2D eigenvalue weighted by molar-refractivity contribution is -0.124. The summed E-state index contributed by atoms with van der Waals surface area (Å²) in [4.78, 5) is 25.6. The van der Waals surface area contributed by atoms with E-state index in [2.05, 4.69) is 0 Å². The van der Waals surface area contributed by atoms with Crippen molar-refractivity contribution < 1.29 is 9.59 Å². The van der Waals surface area contributed by atoms with E-state index in [1.807, 2.05) is 25.1 Å². The van der Waals surface area contributed by atoms with Crippen molar-refractivity contribution in [3.05, 3.63) is 29.3 Å². The molecule has 1 saturated heterocycles. The Kier molecular flexibility index (Phi) is 2.99. The van der Waals surface area contributed by atoms with Crippen molar-refractivity contribution in [2.24, 2.45) is 11.1 Å². The van der Waals surface area contributed by atoms with Gasteiger partial charge in [0.15, 0.2) is 0 Å². The maximum absolute atomic E-state index is 12.3. The van der Waals surface area contributed by atoms with Crippen molar-refractivity contribution in [1.29, 1.82) is 0 Å². The average molecular weight is 246 g/mol. The molecule has 96 valence electrons. The SMILES string of the molecule is Cc1ccc(CN)cc1N1C(=O)CC(C)(C)C1=O. The molecule has 2 N–H and O–H groups in total. The zero-order valence-electron chi connectivity index (χ0n) is 11.0. The van der Waals surface area contributed by atoms with Gasteiger partial charge < -0.3 is 5.73 Å². The molecule has 4 heteroatoms. The van der Waals surface area contributed by atoms with E-state index in [0.29, 0.717) is 12.2 Å². The summed E-state index contributed by atoms with van der Waals surface area (Å²) in [6.07, 6.45) is 0.262. The van der Waals surface area contributed by atoms with Crippen molar-refractivity contribution in [3.63, 3.8) is 0 Å². The molecule has 1 heterocycles. The molecule has 1 fully saturated rings. The Hall–Kier alpha value is -1.68. The minimum atomic E-state index is -0.609. The monoisotopic (exact) mass is 246 g/mol. The predicted octanol–water partition coefficient (Wildman–Crippen LogP) is 1.74. The molecular formula is C14H18N2O2. The maximum atomic E-state index is 12.3. The number of imide groups is 1. The summed E-state index contributed by atoms with van der Waals surface area (Å²) in [6.45, 7) is 5.89. The van der Waals surface area contributed by atoms with E-state index in [-0.39, 0.29) is 18.2 Å². The number of anilines is 1. The number of nitrogens with zero attached hydrogens (tertiary/aromatic N) is 1. The minimum absolute atomic E-state index is 0.134. The van der Waals surface area contributed by atoms with Gasteiger partial charge in [0, 0.05) is 13.0 Å². The smallest absolute Gasteiger partial charge is 0.239 e. The van der Waals surface area contributed by atoms with E-state index in [1.54, 1.807) is 13.8 Å². The first kappa shape index (κ1) is 12.8. The van der Waals surface area contributed by atoms with E-state index in [4.69, 9.17) is 5.73 Å². The number of rotatable bonds is 2. The molecule has 0 radical (unpaired) electrons. The van der Waals surface area contributed by atoms with Crippen LogP contribution in [0.4, 0.5) is 5.69 Å². The highest BCUT2D eigenvalue weighted by molar-refractivity contribution is 6.22. The van der Waals surface area contributed by atoms with E-state index in [9.17, 15) is 9.59 Å². The number of benzene rings is 1. The zero-order chi connectivity index (χ0) is 13.5. The number of carbonyl (C=O) groups is 2. The molecule has 0 spiro atoms. The summed E-state index contributed by atoms with van der Waals surface area (Å²) in [5.41, 5.74) is 7.48. The van der Waals surface area contributed by atoms with Crippen LogP contribution in [0.5, 0.6) is 0 Å². The number of aryl methyl sites for hydroxylation is 1. The Morgan fingerprint density at radius 1 is 1.33 bits per heavy atom. The molecule has 1 aromatic carbocycles. The summed E-state index contributed by atoms with van der Waals surface area (Å²) in [5, 5.41) is 0. The van der Waals surface area contributed by atoms with Gasteiger partial charge in [-0.2, -0.15) is 0 Å². The third kappa shape index (κ3) is 1.93. The van der Waals surface area contributed by atoms with Gasteiger partial charge in [0.05, 0.1) is 11.1 Å². The first-order chi connectivity index (χ1) is 8.36. The molecule has 2 amide bonds. The van der Waals surface area contributed by atoms with Crippen LogP contribution in [0.2, 0.25) is 0 Å². The molecule has 0 atom stereocenters. The quantitative estimate of drug-likeness (QED) is 0.808. The molecule has 1 aromatic rings. The molecule has 0 aromatic heterocycles. The van der Waals surface area contributed by atoms with Crippen LogP contribution in [0, 0.1) is 12.3 Å². The van der Waals surface area contributed by atoms with Crippen molar-refractivity contribution in [1.82, 2.24) is 0 Å². The van der Waals surface area contributed by atoms with Crippen molar-refractivity contribution >= 4 is 17.5 Å². The van der Waals surface area contributed by atoms with Gasteiger partial charge >= 0.3 is 0 Å². The first-order valence-corrected chi connectivity index (χ1v) is 6.04. The fraction of sp³-hybridized carbons (Fsp3) is 0.429. The second-order valence-corrected chi connectivity index (χ2v) is 5.42. The Morgan fingerprint density at radius 3 is 2.50 bits per heavy atom. The molecule has 4 nitrogen and oxygen atoms in total. The summed E-state index contributed by atoms with van der Waals surface area (Å²) >= 11 is 0. The Labute approximate surface area is 107 Å². The Morgan fingerprint density at radius 2 is 2.00 bits per heavy atom. The third-order valence-electron chi connectivity index (χ3n) is 3.37. The van der Waals surface area contributed by atoms with Crippen molar-refractivity contribution in [2.75, 3.05) is 4.90 Å². The summed E-state index contributed by atoms with van der Waals surface area (Å²) in [7, 11) is 0. The minimum Gasteiger partial charge on any atom is -0.326 e. The van der Waals surface area contributed by atoms with Crippen molar-refractivity contribution in [2.45, 2.75) is 33.7 Å². The first-order valence-electron chi connectivity index (χ1n) is 6.04. The molecule has 0 saturated carbocycles. The molecule has 1 aliphatic rings. The van der Waals surface area contributed by atoms with Gasteiger partial charge in [-0.25, -0.2) is 4.90 Å². The average Bonchev–Trinajstić information content (AvgIpc) is 2.50. The van der Waals surface area contributed by atoms with Crippen molar-refractivity contribution in [3.8, 4) is 0 Å². The van der Waals surface area contributed by atoms with Gasteiger partial charge in [-0.05, 0) is 24.1 Å². The second-order valence-electron chi connectivity index (χ2n) is 5.42. The van der Waals surface area contributed by atoms with Gasteiger partial charge in [0.2, 0.25) is 11.8 Å². The standard InChI is InChI=1S/C14H18N2O2/c1-9-4-5-10(8-15)6-11(9)16-12(17)7-14(2,3)13(16)18/h4-6H,7-8,15H2,1-3H3. The van der Waals surface area contributed by atoms with Crippen LogP contribution in [0.25, 0.3) is 0 Å². The molecule has 0 aliphatic carbocycles. The van der Waals surface area contributed by atoms with Crippen LogP contribution >= 0.6 is 0 Å². The normalized spacial score (nSPS) is 18.6. The van der Waals surface area contributed by atoms with E-state index < -0.39 is 5.41 Å². The second kappa shape index (κ2) is 4.21. The van der Waals surface area contributed by atoms with Gasteiger partial charge in [-0.1, -0.05) is 26.0 Å².